The third kappa shape index (κ3) is 9.07. The Bertz CT molecular complexity index is 1710. The second kappa shape index (κ2) is 16.8. The van der Waals surface area contributed by atoms with Gasteiger partial charge in [0.15, 0.2) is 12.3 Å². The number of carbonyl (C=O) groups is 6. The van der Waals surface area contributed by atoms with Gasteiger partial charge in [0, 0.05) is 57.8 Å². The average Bonchev–Trinajstić information content (AvgIpc) is 3.47. The molecule has 0 bridgehead atoms. The second-order valence-electron chi connectivity index (χ2n) is 13.9. The summed E-state index contributed by atoms with van der Waals surface area (Å²) in [4.78, 5) is 82.7. The highest BCUT2D eigenvalue weighted by Gasteiger charge is 2.61. The van der Waals surface area contributed by atoms with Gasteiger partial charge in [0.25, 0.3) is 17.7 Å². The maximum Gasteiger partial charge on any atom is 0.409 e. The number of nitrogens with one attached hydrogen (secondary N) is 3. The van der Waals surface area contributed by atoms with Crippen LogP contribution >= 0.6 is 0 Å². The number of rotatable bonds is 14. The zero-order chi connectivity index (χ0) is 38.4. The molecule has 2 aliphatic carbocycles. The number of benzene rings is 1. The Morgan fingerprint density at radius 1 is 0.944 bits per heavy atom. The van der Waals surface area contributed by atoms with Gasteiger partial charge in [-0.05, 0) is 57.6 Å². The molecule has 3 N–H and O–H groups in total. The fourth-order valence-corrected chi connectivity index (χ4v) is 6.73. The van der Waals surface area contributed by atoms with Crippen LogP contribution in [0.25, 0.3) is 5.69 Å². The van der Waals surface area contributed by atoms with Gasteiger partial charge in [-0.3, -0.25) is 24.0 Å². The van der Waals surface area contributed by atoms with Crippen molar-refractivity contribution in [2.75, 3.05) is 52.5 Å². The largest absolute Gasteiger partial charge is 0.467 e. The monoisotopic (exact) mass is 756 g/mol. The zero-order valence-electron chi connectivity index (χ0n) is 30.1. The van der Waals surface area contributed by atoms with Crippen LogP contribution in [0, 0.1) is 5.92 Å². The molecule has 1 aromatic heterocycles. The molecule has 1 unspecified atom stereocenters. The molecule has 6 amide bonds. The number of halogens is 2. The topological polar surface area (TPSA) is 185 Å². The number of piperazine rings is 1. The smallest absolute Gasteiger partial charge is 0.409 e. The van der Waals surface area contributed by atoms with Crippen LogP contribution in [0.5, 0.6) is 5.88 Å². The van der Waals surface area contributed by atoms with Crippen LogP contribution in [0.1, 0.15) is 62.4 Å². The summed E-state index contributed by atoms with van der Waals surface area (Å²) in [6, 6.07) is 8.43. The molecule has 4 aliphatic rings. The van der Waals surface area contributed by atoms with Crippen molar-refractivity contribution >= 4 is 35.6 Å². The summed E-state index contributed by atoms with van der Waals surface area (Å²) >= 11 is 0. The van der Waals surface area contributed by atoms with Gasteiger partial charge in [-0.1, -0.05) is 18.2 Å². The van der Waals surface area contributed by atoms with E-state index in [0.717, 1.165) is 19.3 Å². The highest BCUT2D eigenvalue weighted by Crippen LogP contribution is 2.48. The molecule has 54 heavy (non-hydrogen) atoms. The number of aromatic nitrogens is 2. The molecule has 1 aromatic carbocycles. The van der Waals surface area contributed by atoms with Gasteiger partial charge in [-0.15, -0.1) is 0 Å². The number of para-hydroxylation sites is 1. The molecular formula is C36H46F2N8O8. The predicted octanol–water partition coefficient (Wildman–Crippen LogP) is 1.47. The minimum Gasteiger partial charge on any atom is -0.467 e. The first-order valence-corrected chi connectivity index (χ1v) is 18.5. The molecule has 3 atom stereocenters. The molecule has 292 valence electrons. The fourth-order valence-electron chi connectivity index (χ4n) is 6.73. The normalized spacial score (nSPS) is 21.1. The zero-order valence-corrected chi connectivity index (χ0v) is 30.1. The minimum absolute atomic E-state index is 0.0601. The summed E-state index contributed by atoms with van der Waals surface area (Å²) in [6.45, 7) is 2.40. The molecule has 3 heterocycles. The van der Waals surface area contributed by atoms with E-state index < -0.39 is 66.7 Å². The van der Waals surface area contributed by atoms with E-state index in [1.807, 2.05) is 0 Å². The number of carbonyl (C=O) groups excluding carboxylic acids is 6. The minimum atomic E-state index is -3.06. The van der Waals surface area contributed by atoms with Gasteiger partial charge >= 0.3 is 6.09 Å². The average molecular weight is 757 g/mol. The van der Waals surface area contributed by atoms with Crippen molar-refractivity contribution in [3.8, 4) is 11.6 Å². The summed E-state index contributed by atoms with van der Waals surface area (Å²) in [6.07, 6.45) is 2.99. The van der Waals surface area contributed by atoms with E-state index in [0.29, 0.717) is 25.1 Å². The number of nitrogens with zero attached hydrogens (tertiary/aromatic N) is 5. The van der Waals surface area contributed by atoms with Crippen molar-refractivity contribution in [2.24, 2.45) is 5.92 Å². The second-order valence-corrected chi connectivity index (χ2v) is 13.9. The number of amides is 6. The van der Waals surface area contributed by atoms with Gasteiger partial charge in [0.1, 0.15) is 18.0 Å². The molecule has 4 fully saturated rings. The molecular weight excluding hydrogens is 710 g/mol. The first-order chi connectivity index (χ1) is 25.9. The molecule has 2 aliphatic heterocycles. The number of ether oxygens (including phenoxy) is 2. The van der Waals surface area contributed by atoms with E-state index in [1.54, 1.807) is 37.3 Å². The van der Waals surface area contributed by atoms with Crippen molar-refractivity contribution in [1.82, 2.24) is 40.4 Å². The van der Waals surface area contributed by atoms with E-state index in [1.165, 1.54) is 25.4 Å². The van der Waals surface area contributed by atoms with Crippen LogP contribution in [0.4, 0.5) is 13.6 Å². The number of alkyl halides is 2. The van der Waals surface area contributed by atoms with Gasteiger partial charge < -0.3 is 40.1 Å². The van der Waals surface area contributed by atoms with E-state index in [9.17, 15) is 37.5 Å². The molecule has 2 aromatic rings. The first-order valence-electron chi connectivity index (χ1n) is 18.5. The molecule has 2 saturated heterocycles. The van der Waals surface area contributed by atoms with Crippen molar-refractivity contribution in [2.45, 2.75) is 75.9 Å². The van der Waals surface area contributed by atoms with Crippen LogP contribution in [0.15, 0.2) is 36.4 Å². The van der Waals surface area contributed by atoms with Crippen molar-refractivity contribution < 1.29 is 47.0 Å². The first kappa shape index (κ1) is 38.4. The lowest BCUT2D eigenvalue weighted by atomic mass is 9.93. The molecule has 6 rings (SSSR count). The Kier molecular flexibility index (Phi) is 12.0. The quantitative estimate of drug-likeness (QED) is 0.257. The number of hydrogen-bond acceptors (Lipinski definition) is 9. The maximum atomic E-state index is 13.8. The SMILES string of the molecule is CCOC(=O)N1CCN(C(=O)[C@H](CCNC(=O)C2CC2(F)F)NC(=O)c2cc(OCC(=O)N3CCC[C@H]3C(=O)NC3CCC3)n(-c3ccccc3)n2)CC1. The van der Waals surface area contributed by atoms with Crippen LogP contribution in [0.2, 0.25) is 0 Å². The summed E-state index contributed by atoms with van der Waals surface area (Å²) in [5, 5.41) is 12.6. The van der Waals surface area contributed by atoms with Crippen LogP contribution in [0.3, 0.4) is 0 Å². The Balaban J connectivity index is 1.14. The molecule has 0 radical (unpaired) electrons. The van der Waals surface area contributed by atoms with E-state index in [2.05, 4.69) is 21.0 Å². The predicted molar refractivity (Wildman–Crippen MR) is 187 cm³/mol. The summed E-state index contributed by atoms with van der Waals surface area (Å²) in [5.74, 6) is -7.09. The van der Waals surface area contributed by atoms with E-state index in [4.69, 9.17) is 9.47 Å². The molecule has 2 saturated carbocycles. The van der Waals surface area contributed by atoms with Crippen LogP contribution in [-0.4, -0.2) is 137 Å². The lowest BCUT2D eigenvalue weighted by molar-refractivity contribution is -0.140. The van der Waals surface area contributed by atoms with E-state index in [-0.39, 0.29) is 69.3 Å². The standard InChI is InChI=1S/C36H46F2N8O8/c1-2-53-35(52)44-18-16-43(17-19-44)34(51)26(13-14-39-31(48)25-21-36(25,37)38)41-32(49)27-20-30(46(42-27)24-10-4-3-5-11-24)54-22-29(47)45-15-7-12-28(45)33(50)40-23-8-6-9-23/h3-5,10-11,20,23,25-26,28H,2,6-9,12-19,21-22H2,1H3,(H,39,48)(H,40,50)(H,41,49)/t25?,26-,28-/m0/s1. The van der Waals surface area contributed by atoms with Gasteiger partial charge in [0.05, 0.1) is 12.3 Å². The Morgan fingerprint density at radius 2 is 1.65 bits per heavy atom. The van der Waals surface area contributed by atoms with Gasteiger partial charge in [-0.25, -0.2) is 18.3 Å². The Morgan fingerprint density at radius 3 is 2.30 bits per heavy atom. The lowest BCUT2D eigenvalue weighted by Crippen LogP contribution is -2.56. The van der Waals surface area contributed by atoms with Crippen molar-refractivity contribution in [3.63, 3.8) is 0 Å². The van der Waals surface area contributed by atoms with Crippen LogP contribution < -0.4 is 20.7 Å². The third-order valence-corrected chi connectivity index (χ3v) is 10.2. The fraction of sp³-hybridized carbons (Fsp3) is 0.583. The highest BCUT2D eigenvalue weighted by atomic mass is 19.3. The number of hydrogen-bond donors (Lipinski definition) is 3. The molecule has 16 nitrogen and oxygen atoms in total. The Labute approximate surface area is 310 Å². The molecule has 18 heteroatoms. The van der Waals surface area contributed by atoms with Crippen LogP contribution in [-0.2, 0) is 23.9 Å². The van der Waals surface area contributed by atoms with Gasteiger partial charge in [0.2, 0.25) is 23.6 Å². The molecule has 0 spiro atoms. The summed E-state index contributed by atoms with van der Waals surface area (Å²) in [5.41, 5.74) is 0.372. The summed E-state index contributed by atoms with van der Waals surface area (Å²) < 4.78 is 39.3. The third-order valence-electron chi connectivity index (χ3n) is 10.2. The van der Waals surface area contributed by atoms with Crippen molar-refractivity contribution in [3.05, 3.63) is 42.1 Å². The Hall–Kier alpha value is -5.29. The number of likely N-dealkylation sites (tertiary alicyclic amines) is 1. The van der Waals surface area contributed by atoms with E-state index >= 15 is 0 Å². The maximum absolute atomic E-state index is 13.8. The lowest BCUT2D eigenvalue weighted by Gasteiger charge is -2.36. The highest BCUT2D eigenvalue weighted by molar-refractivity contribution is 5.96. The summed E-state index contributed by atoms with van der Waals surface area (Å²) in [7, 11) is 0. The van der Waals surface area contributed by atoms with Crippen molar-refractivity contribution in [1.29, 1.82) is 0 Å². The van der Waals surface area contributed by atoms with Gasteiger partial charge in [-0.2, -0.15) is 5.10 Å².